The molecule has 0 saturated carbocycles. The molecule has 1 fully saturated rings. The molecule has 0 aliphatic carbocycles. The van der Waals surface area contributed by atoms with Crippen LogP contribution >= 0.6 is 0 Å². The first kappa shape index (κ1) is 26.3. The molecule has 0 bridgehead atoms. The number of hydrogen-bond donors (Lipinski definition) is 1. The van der Waals surface area contributed by atoms with Crippen molar-refractivity contribution in [1.29, 1.82) is 0 Å². The van der Waals surface area contributed by atoms with E-state index in [9.17, 15) is 14.7 Å². The molecule has 1 N–H and O–H groups in total. The third-order valence-corrected chi connectivity index (χ3v) is 6.99. The minimum Gasteiger partial charge on any atom is -0.507 e. The summed E-state index contributed by atoms with van der Waals surface area (Å²) in [6.07, 6.45) is 0.732. The van der Waals surface area contributed by atoms with Gasteiger partial charge in [-0.15, -0.1) is 0 Å². The number of methoxy groups -OCH3 is 2. The number of nitrogens with zero attached hydrogens (tertiary/aromatic N) is 1. The van der Waals surface area contributed by atoms with Gasteiger partial charge in [-0.2, -0.15) is 0 Å². The van der Waals surface area contributed by atoms with Gasteiger partial charge in [-0.05, 0) is 53.9 Å². The maximum atomic E-state index is 13.3. The smallest absolute Gasteiger partial charge is 0.295 e. The Morgan fingerprint density at radius 1 is 1.03 bits per heavy atom. The van der Waals surface area contributed by atoms with Gasteiger partial charge in [0.1, 0.15) is 24.2 Å². The first-order valence-electron chi connectivity index (χ1n) is 12.8. The lowest BCUT2D eigenvalue weighted by Crippen LogP contribution is -2.32. The number of benzene rings is 3. The third kappa shape index (κ3) is 5.20. The van der Waals surface area contributed by atoms with E-state index in [0.29, 0.717) is 35.7 Å². The molecule has 0 aromatic heterocycles. The highest BCUT2D eigenvalue weighted by Crippen LogP contribution is 2.42. The van der Waals surface area contributed by atoms with Crippen LogP contribution in [-0.2, 0) is 27.4 Å². The molecular formula is C31H31NO7. The molecule has 39 heavy (non-hydrogen) atoms. The minimum atomic E-state index is -0.833. The summed E-state index contributed by atoms with van der Waals surface area (Å²) in [4.78, 5) is 27.9. The van der Waals surface area contributed by atoms with Crippen molar-refractivity contribution in [3.05, 3.63) is 94.6 Å². The molecule has 3 aromatic carbocycles. The normalized spacial score (nSPS) is 19.6. The molecule has 0 spiro atoms. The number of ketones is 1. The zero-order valence-electron chi connectivity index (χ0n) is 22.2. The molecule has 2 heterocycles. The van der Waals surface area contributed by atoms with Crippen molar-refractivity contribution in [2.75, 3.05) is 27.4 Å². The van der Waals surface area contributed by atoms with Gasteiger partial charge in [0.25, 0.3) is 11.7 Å². The van der Waals surface area contributed by atoms with E-state index in [4.69, 9.17) is 18.9 Å². The number of carbonyl (C=O) groups excluding carboxylic acids is 2. The van der Waals surface area contributed by atoms with Crippen LogP contribution in [0.15, 0.2) is 72.3 Å². The van der Waals surface area contributed by atoms with E-state index in [1.54, 1.807) is 30.3 Å². The minimum absolute atomic E-state index is 0.0167. The van der Waals surface area contributed by atoms with Gasteiger partial charge in [0.15, 0.2) is 11.5 Å². The zero-order chi connectivity index (χ0) is 27.5. The number of ether oxygens (including phenoxy) is 4. The number of aliphatic hydroxyl groups excluding tert-OH is 1. The maximum absolute atomic E-state index is 13.3. The van der Waals surface area contributed by atoms with Crippen molar-refractivity contribution in [1.82, 2.24) is 4.90 Å². The Balaban J connectivity index is 1.54. The Bertz CT molecular complexity index is 1420. The molecule has 5 rings (SSSR count). The number of aliphatic hydroxyl groups is 1. The number of carbonyl (C=O) groups is 2. The van der Waals surface area contributed by atoms with Crippen molar-refractivity contribution in [3.8, 4) is 17.2 Å². The molecule has 2 aliphatic heterocycles. The molecule has 2 atom stereocenters. The van der Waals surface area contributed by atoms with Gasteiger partial charge in [0.05, 0.1) is 25.3 Å². The summed E-state index contributed by atoms with van der Waals surface area (Å²) >= 11 is 0. The van der Waals surface area contributed by atoms with Crippen molar-refractivity contribution in [2.45, 2.75) is 32.1 Å². The van der Waals surface area contributed by atoms with Gasteiger partial charge in [-0.3, -0.25) is 9.59 Å². The molecule has 2 aliphatic rings. The highest BCUT2D eigenvalue weighted by Gasteiger charge is 2.46. The third-order valence-electron chi connectivity index (χ3n) is 6.99. The molecule has 1 amide bonds. The Kier molecular flexibility index (Phi) is 7.56. The van der Waals surface area contributed by atoms with Gasteiger partial charge in [0, 0.05) is 25.6 Å². The molecular weight excluding hydrogens is 498 g/mol. The summed E-state index contributed by atoms with van der Waals surface area (Å²) in [5.41, 5.74) is 3.02. The number of amides is 1. The molecule has 3 aromatic rings. The van der Waals surface area contributed by atoms with Gasteiger partial charge in [-0.25, -0.2) is 0 Å². The highest BCUT2D eigenvalue weighted by molar-refractivity contribution is 6.46. The highest BCUT2D eigenvalue weighted by atomic mass is 16.5. The fourth-order valence-corrected chi connectivity index (χ4v) is 5.08. The van der Waals surface area contributed by atoms with Gasteiger partial charge < -0.3 is 29.0 Å². The SMILES string of the molecule is COCCN1C(=O)C(=O)C(=C(O)c2ccc3c(c2)CC(C)O3)C1c1ccc(OCc2ccccc2)c(OC)c1. The molecule has 0 radical (unpaired) electrons. The van der Waals surface area contributed by atoms with Crippen LogP contribution in [0.1, 0.15) is 35.2 Å². The summed E-state index contributed by atoms with van der Waals surface area (Å²) < 4.78 is 22.6. The Morgan fingerprint density at radius 3 is 2.56 bits per heavy atom. The number of rotatable bonds is 9. The fourth-order valence-electron chi connectivity index (χ4n) is 5.08. The van der Waals surface area contributed by atoms with Crippen molar-refractivity contribution < 1.29 is 33.6 Å². The number of hydrogen-bond acceptors (Lipinski definition) is 7. The Labute approximate surface area is 227 Å². The van der Waals surface area contributed by atoms with Gasteiger partial charge in [-0.1, -0.05) is 36.4 Å². The van der Waals surface area contributed by atoms with Gasteiger partial charge >= 0.3 is 0 Å². The fraction of sp³-hybridized carbons (Fsp3) is 0.290. The summed E-state index contributed by atoms with van der Waals surface area (Å²) in [6, 6.07) is 19.5. The summed E-state index contributed by atoms with van der Waals surface area (Å²) in [5, 5.41) is 11.4. The summed E-state index contributed by atoms with van der Waals surface area (Å²) in [6.45, 7) is 2.73. The lowest BCUT2D eigenvalue weighted by Gasteiger charge is -2.25. The Morgan fingerprint density at radius 2 is 1.82 bits per heavy atom. The van der Waals surface area contributed by atoms with Crippen LogP contribution in [0.5, 0.6) is 17.2 Å². The van der Waals surface area contributed by atoms with Crippen LogP contribution in [0.25, 0.3) is 5.76 Å². The van der Waals surface area contributed by atoms with E-state index in [1.165, 1.54) is 19.1 Å². The standard InChI is InChI=1S/C31H31NO7/c1-19-15-23-16-22(10-11-24(23)39-19)29(33)27-28(32(13-14-36-2)31(35)30(27)34)21-9-12-25(26(17-21)37-3)38-18-20-7-5-4-6-8-20/h4-12,16-17,19,28,33H,13-15,18H2,1-3H3. The molecule has 8 heteroatoms. The van der Waals surface area contributed by atoms with Crippen LogP contribution in [0.2, 0.25) is 0 Å². The number of Topliss-reactive ketones (excluding diaryl/α,β-unsaturated/α-hetero) is 1. The summed E-state index contributed by atoms with van der Waals surface area (Å²) in [7, 11) is 3.06. The van der Waals surface area contributed by atoms with Crippen LogP contribution in [-0.4, -0.2) is 55.2 Å². The maximum Gasteiger partial charge on any atom is 0.295 e. The van der Waals surface area contributed by atoms with Crippen molar-refractivity contribution >= 4 is 17.4 Å². The van der Waals surface area contributed by atoms with Crippen LogP contribution in [0.4, 0.5) is 0 Å². The lowest BCUT2D eigenvalue weighted by molar-refractivity contribution is -0.140. The largest absolute Gasteiger partial charge is 0.507 e. The number of likely N-dealkylation sites (tertiary alicyclic amines) is 1. The van der Waals surface area contributed by atoms with Crippen molar-refractivity contribution in [3.63, 3.8) is 0 Å². The second-order valence-electron chi connectivity index (χ2n) is 9.62. The number of fused-ring (bicyclic) bond motifs is 1. The van der Waals surface area contributed by atoms with Crippen LogP contribution in [0.3, 0.4) is 0 Å². The van der Waals surface area contributed by atoms with E-state index < -0.39 is 17.7 Å². The Hall–Kier alpha value is -4.30. The average molecular weight is 530 g/mol. The molecule has 8 nitrogen and oxygen atoms in total. The first-order valence-corrected chi connectivity index (χ1v) is 12.8. The first-order chi connectivity index (χ1) is 18.9. The second-order valence-corrected chi connectivity index (χ2v) is 9.62. The predicted octanol–water partition coefficient (Wildman–Crippen LogP) is 4.67. The van der Waals surface area contributed by atoms with Gasteiger partial charge in [0.2, 0.25) is 0 Å². The van der Waals surface area contributed by atoms with E-state index in [0.717, 1.165) is 16.9 Å². The van der Waals surface area contributed by atoms with E-state index in [2.05, 4.69) is 0 Å². The monoisotopic (exact) mass is 529 g/mol. The second kappa shape index (κ2) is 11.2. The predicted molar refractivity (Wildman–Crippen MR) is 145 cm³/mol. The van der Waals surface area contributed by atoms with E-state index in [-0.39, 0.29) is 30.6 Å². The molecule has 2 unspecified atom stereocenters. The average Bonchev–Trinajstić information content (AvgIpc) is 3.45. The summed E-state index contributed by atoms with van der Waals surface area (Å²) in [5.74, 6) is 0.0502. The topological polar surface area (TPSA) is 94.5 Å². The quantitative estimate of drug-likeness (QED) is 0.245. The van der Waals surface area contributed by atoms with E-state index in [1.807, 2.05) is 43.3 Å². The molecule has 1 saturated heterocycles. The van der Waals surface area contributed by atoms with Crippen LogP contribution < -0.4 is 14.2 Å². The molecule has 202 valence electrons. The van der Waals surface area contributed by atoms with Crippen LogP contribution in [0, 0.1) is 0 Å². The lowest BCUT2D eigenvalue weighted by atomic mass is 9.94. The van der Waals surface area contributed by atoms with E-state index >= 15 is 0 Å². The zero-order valence-corrected chi connectivity index (χ0v) is 22.2. The van der Waals surface area contributed by atoms with Crippen molar-refractivity contribution in [2.24, 2.45) is 0 Å².